The molecule has 25 heavy (non-hydrogen) atoms. The van der Waals surface area contributed by atoms with Crippen LogP contribution in [0.1, 0.15) is 52.2 Å². The van der Waals surface area contributed by atoms with Crippen LogP contribution in [0.15, 0.2) is 35.1 Å². The van der Waals surface area contributed by atoms with E-state index in [0.29, 0.717) is 29.8 Å². The van der Waals surface area contributed by atoms with E-state index in [4.69, 9.17) is 0 Å². The molecule has 1 aromatic carbocycles. The number of rotatable bonds is 2. The lowest BCUT2D eigenvalue weighted by atomic mass is 9.75. The molecular formula is C20H22N2O3. The number of ketones is 1. The standard InChI is InChI=1S/C20H22N2O3/c1-12-5-7-13(8-6-12)22-16-10-20(2,3)11-17(23)14(16)9-15(19(22)25)18(24)21-4/h5-9H,10-11H2,1-4H3,(H,21,24). The highest BCUT2D eigenvalue weighted by Gasteiger charge is 2.34. The molecule has 0 unspecified atom stereocenters. The maximum Gasteiger partial charge on any atom is 0.268 e. The van der Waals surface area contributed by atoms with Gasteiger partial charge in [0.15, 0.2) is 5.78 Å². The molecule has 1 N–H and O–H groups in total. The summed E-state index contributed by atoms with van der Waals surface area (Å²) >= 11 is 0. The number of benzene rings is 1. The molecule has 1 aromatic heterocycles. The van der Waals surface area contributed by atoms with E-state index in [-0.39, 0.29) is 16.8 Å². The van der Waals surface area contributed by atoms with Crippen molar-refractivity contribution in [2.45, 2.75) is 33.6 Å². The second kappa shape index (κ2) is 5.99. The zero-order chi connectivity index (χ0) is 18.4. The van der Waals surface area contributed by atoms with Crippen molar-refractivity contribution in [1.82, 2.24) is 9.88 Å². The number of fused-ring (bicyclic) bond motifs is 1. The van der Waals surface area contributed by atoms with Gasteiger partial charge in [0.05, 0.1) is 0 Å². The van der Waals surface area contributed by atoms with Crippen LogP contribution in [-0.4, -0.2) is 23.3 Å². The van der Waals surface area contributed by atoms with Crippen LogP contribution in [0.25, 0.3) is 5.69 Å². The van der Waals surface area contributed by atoms with Crippen molar-refractivity contribution in [3.63, 3.8) is 0 Å². The molecule has 0 bridgehead atoms. The van der Waals surface area contributed by atoms with E-state index in [2.05, 4.69) is 5.32 Å². The summed E-state index contributed by atoms with van der Waals surface area (Å²) in [4.78, 5) is 37.9. The molecule has 130 valence electrons. The van der Waals surface area contributed by atoms with Gasteiger partial charge in [-0.05, 0) is 37.0 Å². The summed E-state index contributed by atoms with van der Waals surface area (Å²) < 4.78 is 1.53. The van der Waals surface area contributed by atoms with Crippen molar-refractivity contribution < 1.29 is 9.59 Å². The number of nitrogens with one attached hydrogen (secondary N) is 1. The molecule has 1 amide bonds. The molecule has 0 atom stereocenters. The molecule has 5 nitrogen and oxygen atoms in total. The second-order valence-corrected chi connectivity index (χ2v) is 7.41. The van der Waals surface area contributed by atoms with Gasteiger partial charge in [-0.3, -0.25) is 19.0 Å². The molecule has 3 rings (SSSR count). The summed E-state index contributed by atoms with van der Waals surface area (Å²) in [5.41, 5.74) is 2.27. The predicted octanol–water partition coefficient (Wildman–Crippen LogP) is 2.66. The Bertz CT molecular complexity index is 921. The topological polar surface area (TPSA) is 68.2 Å². The van der Waals surface area contributed by atoms with E-state index >= 15 is 0 Å². The number of aryl methyl sites for hydroxylation is 1. The van der Waals surface area contributed by atoms with E-state index in [9.17, 15) is 14.4 Å². The van der Waals surface area contributed by atoms with Crippen LogP contribution in [0.4, 0.5) is 0 Å². The van der Waals surface area contributed by atoms with Crippen molar-refractivity contribution in [3.8, 4) is 5.69 Å². The van der Waals surface area contributed by atoms with Crippen LogP contribution in [0.3, 0.4) is 0 Å². The first-order valence-electron chi connectivity index (χ1n) is 8.35. The summed E-state index contributed by atoms with van der Waals surface area (Å²) in [6, 6.07) is 8.97. The molecule has 0 saturated heterocycles. The highest BCUT2D eigenvalue weighted by molar-refractivity contribution is 6.02. The third-order valence-electron chi connectivity index (χ3n) is 4.65. The molecule has 2 aromatic rings. The lowest BCUT2D eigenvalue weighted by molar-refractivity contribution is 0.0908. The van der Waals surface area contributed by atoms with E-state index in [1.165, 1.54) is 17.7 Å². The smallest absolute Gasteiger partial charge is 0.268 e. The fourth-order valence-corrected chi connectivity index (χ4v) is 3.38. The minimum absolute atomic E-state index is 0.00474. The summed E-state index contributed by atoms with van der Waals surface area (Å²) in [6.07, 6.45) is 1.00. The zero-order valence-electron chi connectivity index (χ0n) is 15.0. The Morgan fingerprint density at radius 2 is 1.76 bits per heavy atom. The fourth-order valence-electron chi connectivity index (χ4n) is 3.38. The summed E-state index contributed by atoms with van der Waals surface area (Å²) in [5.74, 6) is -0.511. The Labute approximate surface area is 146 Å². The average Bonchev–Trinajstić information content (AvgIpc) is 2.54. The Morgan fingerprint density at radius 3 is 2.36 bits per heavy atom. The number of carbonyl (C=O) groups excluding carboxylic acids is 2. The molecule has 1 aliphatic carbocycles. The third kappa shape index (κ3) is 3.02. The average molecular weight is 338 g/mol. The van der Waals surface area contributed by atoms with Gasteiger partial charge in [-0.25, -0.2) is 0 Å². The van der Waals surface area contributed by atoms with Crippen molar-refractivity contribution in [1.29, 1.82) is 0 Å². The summed E-state index contributed by atoms with van der Waals surface area (Å²) in [7, 11) is 1.47. The van der Waals surface area contributed by atoms with E-state index in [1.807, 2.05) is 45.0 Å². The largest absolute Gasteiger partial charge is 0.355 e. The van der Waals surface area contributed by atoms with Crippen LogP contribution >= 0.6 is 0 Å². The molecule has 0 saturated carbocycles. The summed E-state index contributed by atoms with van der Waals surface area (Å²) in [6.45, 7) is 6.00. The minimum atomic E-state index is -0.480. The first-order valence-corrected chi connectivity index (χ1v) is 8.35. The molecule has 1 aliphatic rings. The predicted molar refractivity (Wildman–Crippen MR) is 96.6 cm³/mol. The van der Waals surface area contributed by atoms with Crippen LogP contribution in [0.2, 0.25) is 0 Å². The maximum absolute atomic E-state index is 13.0. The Kier molecular flexibility index (Phi) is 4.11. The van der Waals surface area contributed by atoms with Gasteiger partial charge >= 0.3 is 0 Å². The molecular weight excluding hydrogens is 316 g/mol. The number of carbonyl (C=O) groups is 2. The van der Waals surface area contributed by atoms with Gasteiger partial charge in [-0.15, -0.1) is 0 Å². The normalized spacial score (nSPS) is 15.6. The van der Waals surface area contributed by atoms with Gasteiger partial charge in [0.25, 0.3) is 11.5 Å². The van der Waals surface area contributed by atoms with E-state index < -0.39 is 11.5 Å². The van der Waals surface area contributed by atoms with Crippen LogP contribution < -0.4 is 10.9 Å². The van der Waals surface area contributed by atoms with Crippen molar-refractivity contribution in [2.24, 2.45) is 5.41 Å². The highest BCUT2D eigenvalue weighted by Crippen LogP contribution is 2.35. The molecule has 0 radical (unpaired) electrons. The number of nitrogens with zero attached hydrogens (tertiary/aromatic N) is 1. The second-order valence-electron chi connectivity index (χ2n) is 7.41. The van der Waals surface area contributed by atoms with Crippen molar-refractivity contribution in [2.75, 3.05) is 7.05 Å². The Balaban J connectivity index is 2.36. The first-order chi connectivity index (χ1) is 11.7. The van der Waals surface area contributed by atoms with Gasteiger partial charge in [-0.1, -0.05) is 31.5 Å². The van der Waals surface area contributed by atoms with E-state index in [1.54, 1.807) is 0 Å². The summed E-state index contributed by atoms with van der Waals surface area (Å²) in [5, 5.41) is 2.48. The number of hydrogen-bond donors (Lipinski definition) is 1. The molecule has 5 heteroatoms. The van der Waals surface area contributed by atoms with Gasteiger partial charge < -0.3 is 5.32 Å². The molecule has 0 spiro atoms. The number of Topliss-reactive ketones (excluding diaryl/α,β-unsaturated/α-hetero) is 1. The third-order valence-corrected chi connectivity index (χ3v) is 4.65. The van der Waals surface area contributed by atoms with Crippen LogP contribution in [0.5, 0.6) is 0 Å². The first kappa shape index (κ1) is 17.1. The van der Waals surface area contributed by atoms with Crippen molar-refractivity contribution in [3.05, 3.63) is 63.1 Å². The lowest BCUT2D eigenvalue weighted by Crippen LogP contribution is -2.38. The fraction of sp³-hybridized carbons (Fsp3) is 0.350. The van der Waals surface area contributed by atoms with Gasteiger partial charge in [-0.2, -0.15) is 0 Å². The van der Waals surface area contributed by atoms with Gasteiger partial charge in [0.2, 0.25) is 0 Å². The monoisotopic (exact) mass is 338 g/mol. The Morgan fingerprint density at radius 1 is 1.12 bits per heavy atom. The quantitative estimate of drug-likeness (QED) is 0.915. The van der Waals surface area contributed by atoms with Crippen LogP contribution in [0, 0.1) is 12.3 Å². The van der Waals surface area contributed by atoms with Gasteiger partial charge in [0, 0.05) is 30.4 Å². The molecule has 0 aliphatic heterocycles. The molecule has 0 fully saturated rings. The Hall–Kier alpha value is -2.69. The van der Waals surface area contributed by atoms with E-state index in [0.717, 1.165) is 5.56 Å². The zero-order valence-corrected chi connectivity index (χ0v) is 15.0. The van der Waals surface area contributed by atoms with Gasteiger partial charge in [0.1, 0.15) is 5.56 Å². The number of aromatic nitrogens is 1. The van der Waals surface area contributed by atoms with Crippen LogP contribution in [-0.2, 0) is 6.42 Å². The minimum Gasteiger partial charge on any atom is -0.355 e. The number of hydrogen-bond acceptors (Lipinski definition) is 3. The number of amides is 1. The van der Waals surface area contributed by atoms with Crippen molar-refractivity contribution >= 4 is 11.7 Å². The molecule has 1 heterocycles. The lowest BCUT2D eigenvalue weighted by Gasteiger charge is -2.32. The SMILES string of the molecule is CNC(=O)c1cc2c(n(-c3ccc(C)cc3)c1=O)CC(C)(C)CC2=O. The maximum atomic E-state index is 13.0. The number of pyridine rings is 1. The highest BCUT2D eigenvalue weighted by atomic mass is 16.2.